The molecule has 0 aliphatic carbocycles. The van der Waals surface area contributed by atoms with Crippen molar-refractivity contribution < 1.29 is 0 Å². The molecule has 0 saturated carbocycles. The van der Waals surface area contributed by atoms with Gasteiger partial charge in [-0.15, -0.1) is 0 Å². The molecule has 0 unspecified atom stereocenters. The van der Waals surface area contributed by atoms with E-state index in [0.717, 1.165) is 61.6 Å². The molecule has 3 aromatic heterocycles. The number of rotatable bonds is 6. The van der Waals surface area contributed by atoms with Crippen molar-refractivity contribution in [2.24, 2.45) is 0 Å². The lowest BCUT2D eigenvalue weighted by atomic mass is 9.95. The molecule has 0 fully saturated rings. The molecule has 4 heteroatoms. The van der Waals surface area contributed by atoms with Crippen molar-refractivity contribution in [1.29, 1.82) is 0 Å². The summed E-state index contributed by atoms with van der Waals surface area (Å²) in [4.78, 5) is 10.3. The van der Waals surface area contributed by atoms with Crippen LogP contribution in [0.4, 0.5) is 0 Å². The van der Waals surface area contributed by atoms with Crippen LogP contribution in [-0.2, 0) is 0 Å². The molecule has 0 bridgehead atoms. The lowest BCUT2D eigenvalue weighted by Crippen LogP contribution is -1.99. The fourth-order valence-corrected chi connectivity index (χ4v) is 8.44. The Morgan fingerprint density at radius 3 is 1.61 bits per heavy atom. The van der Waals surface area contributed by atoms with Crippen molar-refractivity contribution in [2.45, 2.75) is 0 Å². The topological polar surface area (TPSA) is 35.6 Å². The molecule has 0 amide bonds. The maximum atomic E-state index is 5.25. The molecule has 56 heavy (non-hydrogen) atoms. The minimum atomic E-state index is 0.699. The zero-order chi connectivity index (χ0) is 37.0. The molecule has 11 aromatic rings. The van der Waals surface area contributed by atoms with E-state index in [4.69, 9.17) is 9.97 Å². The highest BCUT2D eigenvalue weighted by Gasteiger charge is 2.22. The van der Waals surface area contributed by atoms with Crippen LogP contribution in [0.5, 0.6) is 0 Å². The van der Waals surface area contributed by atoms with Gasteiger partial charge in [-0.1, -0.05) is 158 Å². The molecular weight excluding hydrogens is 681 g/mol. The maximum Gasteiger partial charge on any atom is 0.160 e. The molecule has 0 saturated heterocycles. The molecule has 0 atom stereocenters. The number of hydrogen-bond acceptors (Lipinski definition) is 2. The van der Waals surface area contributed by atoms with Gasteiger partial charge in [-0.05, 0) is 59.7 Å². The highest BCUT2D eigenvalue weighted by atomic mass is 15.0. The van der Waals surface area contributed by atoms with Crippen LogP contribution in [0.1, 0.15) is 0 Å². The van der Waals surface area contributed by atoms with Gasteiger partial charge in [0.1, 0.15) is 0 Å². The minimum Gasteiger partial charge on any atom is -0.309 e. The summed E-state index contributed by atoms with van der Waals surface area (Å²) in [6.45, 7) is 0. The van der Waals surface area contributed by atoms with Gasteiger partial charge in [0.15, 0.2) is 5.82 Å². The van der Waals surface area contributed by atoms with Crippen LogP contribution in [0.25, 0.3) is 100 Å². The second kappa shape index (κ2) is 13.1. The van der Waals surface area contributed by atoms with Crippen molar-refractivity contribution in [3.05, 3.63) is 206 Å². The number of aromatic nitrogens is 4. The van der Waals surface area contributed by atoms with Crippen LogP contribution >= 0.6 is 0 Å². The van der Waals surface area contributed by atoms with E-state index in [1.165, 1.54) is 32.6 Å². The lowest BCUT2D eigenvalue weighted by molar-refractivity contribution is 1.17. The van der Waals surface area contributed by atoms with E-state index in [1.54, 1.807) is 0 Å². The first-order valence-corrected chi connectivity index (χ1v) is 19.0. The molecule has 3 heterocycles. The highest BCUT2D eigenvalue weighted by Crippen LogP contribution is 2.43. The van der Waals surface area contributed by atoms with Gasteiger partial charge >= 0.3 is 0 Å². The molecule has 11 rings (SSSR count). The Morgan fingerprint density at radius 2 is 0.893 bits per heavy atom. The second-order valence-electron chi connectivity index (χ2n) is 14.2. The highest BCUT2D eigenvalue weighted by molar-refractivity contribution is 6.26. The first-order chi connectivity index (χ1) is 27.8. The summed E-state index contributed by atoms with van der Waals surface area (Å²) in [6, 6.07) is 73.1. The zero-order valence-electron chi connectivity index (χ0n) is 30.4. The number of nitrogens with zero attached hydrogens (tertiary/aromatic N) is 4. The Kier molecular flexibility index (Phi) is 7.46. The molecule has 0 aliphatic rings. The van der Waals surface area contributed by atoms with Crippen LogP contribution in [0, 0.1) is 0 Å². The SMILES string of the molecule is c1ccc(-c2cc(-c3ccc(-n4c5ccccc5c5c4ccc4c6ccccc6n(-c6ccccc6)c45)cc3-c3ccccc3)nc(-c3ccccc3)n2)cc1. The van der Waals surface area contributed by atoms with Crippen LogP contribution in [0.3, 0.4) is 0 Å². The summed E-state index contributed by atoms with van der Waals surface area (Å²) in [7, 11) is 0. The van der Waals surface area contributed by atoms with E-state index >= 15 is 0 Å². The first kappa shape index (κ1) is 31.9. The van der Waals surface area contributed by atoms with Crippen molar-refractivity contribution in [3.63, 3.8) is 0 Å². The summed E-state index contributed by atoms with van der Waals surface area (Å²) in [6.07, 6.45) is 0. The predicted molar refractivity (Wildman–Crippen MR) is 232 cm³/mol. The zero-order valence-corrected chi connectivity index (χ0v) is 30.4. The molecule has 0 spiro atoms. The Hall–Kier alpha value is -7.56. The first-order valence-electron chi connectivity index (χ1n) is 19.0. The van der Waals surface area contributed by atoms with Gasteiger partial charge in [-0.25, -0.2) is 9.97 Å². The van der Waals surface area contributed by atoms with E-state index in [0.29, 0.717) is 5.82 Å². The van der Waals surface area contributed by atoms with Crippen LogP contribution in [0.15, 0.2) is 206 Å². The molecule has 0 aliphatic heterocycles. The Balaban J connectivity index is 1.19. The molecule has 0 radical (unpaired) electrons. The van der Waals surface area contributed by atoms with Gasteiger partial charge in [0.05, 0.1) is 33.5 Å². The third-order valence-electron chi connectivity index (χ3n) is 10.9. The standard InChI is InChI=1S/C52H34N4/c1-5-17-35(18-6-1)44-33-39(29-30-40(44)46-34-45(36-19-7-2-8-20-36)53-52(54-46)37-21-9-3-10-22-37)55-48-28-16-14-26-43(48)50-49(55)32-31-42-41-25-13-15-27-47(41)56(51(42)50)38-23-11-4-12-24-38/h1-34H. The van der Waals surface area contributed by atoms with E-state index in [1.807, 2.05) is 24.3 Å². The van der Waals surface area contributed by atoms with Crippen LogP contribution < -0.4 is 0 Å². The van der Waals surface area contributed by atoms with E-state index in [2.05, 4.69) is 191 Å². The summed E-state index contributed by atoms with van der Waals surface area (Å²) < 4.78 is 4.87. The van der Waals surface area contributed by atoms with Gasteiger partial charge in [0, 0.05) is 49.6 Å². The number of para-hydroxylation sites is 3. The van der Waals surface area contributed by atoms with E-state index in [-0.39, 0.29) is 0 Å². The van der Waals surface area contributed by atoms with Crippen molar-refractivity contribution in [3.8, 4) is 56.4 Å². The summed E-state index contributed by atoms with van der Waals surface area (Å²) in [5, 5.41) is 4.94. The summed E-state index contributed by atoms with van der Waals surface area (Å²) >= 11 is 0. The second-order valence-corrected chi connectivity index (χ2v) is 14.2. The fraction of sp³-hybridized carbons (Fsp3) is 0. The molecular formula is C52H34N4. The monoisotopic (exact) mass is 714 g/mol. The predicted octanol–water partition coefficient (Wildman–Crippen LogP) is 13.3. The number of benzene rings is 8. The Labute approximate surface area is 324 Å². The summed E-state index contributed by atoms with van der Waals surface area (Å²) in [5.41, 5.74) is 14.0. The Bertz CT molecular complexity index is 3160. The quantitative estimate of drug-likeness (QED) is 0.172. The smallest absolute Gasteiger partial charge is 0.160 e. The summed E-state index contributed by atoms with van der Waals surface area (Å²) in [5.74, 6) is 0.699. The molecule has 4 nitrogen and oxygen atoms in total. The normalized spacial score (nSPS) is 11.6. The maximum absolute atomic E-state index is 5.25. The van der Waals surface area contributed by atoms with Crippen molar-refractivity contribution in [2.75, 3.05) is 0 Å². The third kappa shape index (κ3) is 5.15. The fourth-order valence-electron chi connectivity index (χ4n) is 8.44. The van der Waals surface area contributed by atoms with Gasteiger partial charge in [-0.2, -0.15) is 0 Å². The van der Waals surface area contributed by atoms with Crippen molar-refractivity contribution >= 4 is 43.6 Å². The number of hydrogen-bond donors (Lipinski definition) is 0. The average molecular weight is 715 g/mol. The van der Waals surface area contributed by atoms with Gasteiger partial charge < -0.3 is 9.13 Å². The Morgan fingerprint density at radius 1 is 0.321 bits per heavy atom. The number of fused-ring (bicyclic) bond motifs is 7. The van der Waals surface area contributed by atoms with Crippen LogP contribution in [0.2, 0.25) is 0 Å². The van der Waals surface area contributed by atoms with Crippen molar-refractivity contribution in [1.82, 2.24) is 19.1 Å². The van der Waals surface area contributed by atoms with Gasteiger partial charge in [-0.3, -0.25) is 0 Å². The minimum absolute atomic E-state index is 0.699. The average Bonchev–Trinajstić information content (AvgIpc) is 3.80. The largest absolute Gasteiger partial charge is 0.309 e. The molecule has 262 valence electrons. The van der Waals surface area contributed by atoms with Gasteiger partial charge in [0.2, 0.25) is 0 Å². The molecule has 0 N–H and O–H groups in total. The lowest BCUT2D eigenvalue weighted by Gasteiger charge is -2.16. The molecule has 8 aromatic carbocycles. The van der Waals surface area contributed by atoms with Crippen LogP contribution in [-0.4, -0.2) is 19.1 Å². The third-order valence-corrected chi connectivity index (χ3v) is 10.9. The van der Waals surface area contributed by atoms with E-state index < -0.39 is 0 Å². The van der Waals surface area contributed by atoms with E-state index in [9.17, 15) is 0 Å². The van der Waals surface area contributed by atoms with Gasteiger partial charge in [0.25, 0.3) is 0 Å².